The molecule has 2 N–H and O–H groups in total. The van der Waals surface area contributed by atoms with Crippen LogP contribution in [0.3, 0.4) is 0 Å². The van der Waals surface area contributed by atoms with Gasteiger partial charge in [0.05, 0.1) is 6.10 Å². The highest BCUT2D eigenvalue weighted by Gasteiger charge is 2.32. The van der Waals surface area contributed by atoms with Crippen molar-refractivity contribution in [2.24, 2.45) is 5.73 Å². The summed E-state index contributed by atoms with van der Waals surface area (Å²) in [6.07, 6.45) is 2.05. The number of carbonyl (C=O) groups excluding carboxylic acids is 1. The van der Waals surface area contributed by atoms with E-state index in [0.29, 0.717) is 25.2 Å². The van der Waals surface area contributed by atoms with E-state index in [-0.39, 0.29) is 17.8 Å². The number of halogens is 1. The minimum atomic E-state index is -0.396. The van der Waals surface area contributed by atoms with Crippen molar-refractivity contribution in [2.75, 3.05) is 18.0 Å². The maximum Gasteiger partial charge on any atom is 0.256 e. The number of ether oxygens (including phenoxy) is 1. The molecule has 1 saturated heterocycles. The number of nitrogens with zero attached hydrogens (tertiary/aromatic N) is 1. The van der Waals surface area contributed by atoms with Crippen molar-refractivity contribution in [3.63, 3.8) is 0 Å². The van der Waals surface area contributed by atoms with Crippen LogP contribution < -0.4 is 10.6 Å². The number of hydrogen-bond donors (Lipinski definition) is 1. The molecule has 4 nitrogen and oxygen atoms in total. The van der Waals surface area contributed by atoms with Gasteiger partial charge in [0.15, 0.2) is 0 Å². The molecule has 110 valence electrons. The predicted molar refractivity (Wildman–Crippen MR) is 76.0 cm³/mol. The van der Waals surface area contributed by atoms with E-state index in [1.807, 2.05) is 6.92 Å². The molecule has 0 bridgehead atoms. The fraction of sp³-hybridized carbons (Fsp3) is 0.533. The summed E-state index contributed by atoms with van der Waals surface area (Å²) in [5.41, 5.74) is 6.21. The van der Waals surface area contributed by atoms with E-state index in [4.69, 9.17) is 10.5 Å². The van der Waals surface area contributed by atoms with Crippen LogP contribution in [0.1, 0.15) is 26.2 Å². The molecule has 0 spiro atoms. The highest BCUT2D eigenvalue weighted by molar-refractivity contribution is 5.96. The summed E-state index contributed by atoms with van der Waals surface area (Å²) < 4.78 is 18.6. The van der Waals surface area contributed by atoms with E-state index in [1.165, 1.54) is 12.1 Å². The number of carbonyl (C=O) groups is 1. The van der Waals surface area contributed by atoms with Gasteiger partial charge >= 0.3 is 0 Å². The van der Waals surface area contributed by atoms with Crippen LogP contribution in [0.2, 0.25) is 0 Å². The van der Waals surface area contributed by atoms with E-state index in [9.17, 15) is 9.18 Å². The van der Waals surface area contributed by atoms with Crippen molar-refractivity contribution < 1.29 is 13.9 Å². The average Bonchev–Trinajstić information content (AvgIpc) is 2.87. The second-order valence-corrected chi connectivity index (χ2v) is 5.12. The predicted octanol–water partition coefficient (Wildman–Crippen LogP) is 2.08. The molecule has 2 atom stereocenters. The molecule has 1 heterocycles. The third-order valence-corrected chi connectivity index (χ3v) is 3.50. The molecule has 0 radical (unpaired) electrons. The lowest BCUT2D eigenvalue weighted by Gasteiger charge is -2.25. The Morgan fingerprint density at radius 2 is 2.10 bits per heavy atom. The first kappa shape index (κ1) is 14.9. The number of rotatable bonds is 5. The molecule has 0 aromatic heterocycles. The molecule has 1 amide bonds. The van der Waals surface area contributed by atoms with Crippen molar-refractivity contribution in [2.45, 2.75) is 38.4 Å². The van der Waals surface area contributed by atoms with Gasteiger partial charge in [0, 0.05) is 12.2 Å². The molecule has 0 aliphatic carbocycles. The van der Waals surface area contributed by atoms with Gasteiger partial charge in [0.2, 0.25) is 0 Å². The monoisotopic (exact) mass is 280 g/mol. The van der Waals surface area contributed by atoms with E-state index < -0.39 is 6.10 Å². The van der Waals surface area contributed by atoms with Gasteiger partial charge in [-0.05, 0) is 57.0 Å². The van der Waals surface area contributed by atoms with Gasteiger partial charge in [-0.15, -0.1) is 0 Å². The molecule has 1 fully saturated rings. The van der Waals surface area contributed by atoms with Crippen LogP contribution in [0.15, 0.2) is 24.3 Å². The van der Waals surface area contributed by atoms with E-state index in [1.54, 1.807) is 17.0 Å². The minimum Gasteiger partial charge on any atom is -0.365 e. The van der Waals surface area contributed by atoms with E-state index in [0.717, 1.165) is 12.8 Å². The second-order valence-electron chi connectivity index (χ2n) is 5.12. The van der Waals surface area contributed by atoms with Crippen LogP contribution in [0, 0.1) is 5.82 Å². The molecule has 1 aliphatic heterocycles. The van der Waals surface area contributed by atoms with Crippen LogP contribution >= 0.6 is 0 Å². The molecule has 2 rings (SSSR count). The molecular formula is C15H21FN2O2. The number of benzene rings is 1. The third kappa shape index (κ3) is 3.55. The number of amides is 1. The largest absolute Gasteiger partial charge is 0.365 e. The molecular weight excluding hydrogens is 259 g/mol. The number of nitrogens with two attached hydrogens (primary N) is 1. The summed E-state index contributed by atoms with van der Waals surface area (Å²) in [6.45, 7) is 3.00. The standard InChI is InChI=1S/C15H21FN2O2/c1-11-3-8-14(20-11)15(19)18(10-2-9-17)13-6-4-12(16)5-7-13/h4-7,11,14H,2-3,8-10,17H2,1H3. The number of anilines is 1. The Labute approximate surface area is 118 Å². The molecule has 5 heteroatoms. The zero-order valence-corrected chi connectivity index (χ0v) is 11.7. The van der Waals surface area contributed by atoms with Gasteiger partial charge in [-0.25, -0.2) is 4.39 Å². The topological polar surface area (TPSA) is 55.6 Å². The normalized spacial score (nSPS) is 21.9. The van der Waals surface area contributed by atoms with Gasteiger partial charge < -0.3 is 15.4 Å². The van der Waals surface area contributed by atoms with Gasteiger partial charge in [-0.3, -0.25) is 4.79 Å². The Kier molecular flexibility index (Phi) is 5.09. The smallest absolute Gasteiger partial charge is 0.256 e. The molecule has 1 aliphatic rings. The summed E-state index contributed by atoms with van der Waals surface area (Å²) >= 11 is 0. The minimum absolute atomic E-state index is 0.0607. The lowest BCUT2D eigenvalue weighted by Crippen LogP contribution is -2.40. The Bertz CT molecular complexity index is 450. The van der Waals surface area contributed by atoms with Crippen LogP contribution in [0.5, 0.6) is 0 Å². The molecule has 1 aromatic carbocycles. The van der Waals surface area contributed by atoms with Crippen LogP contribution in [0.25, 0.3) is 0 Å². The average molecular weight is 280 g/mol. The molecule has 20 heavy (non-hydrogen) atoms. The summed E-state index contributed by atoms with van der Waals surface area (Å²) in [5, 5.41) is 0. The highest BCUT2D eigenvalue weighted by atomic mass is 19.1. The van der Waals surface area contributed by atoms with Crippen LogP contribution in [0.4, 0.5) is 10.1 Å². The third-order valence-electron chi connectivity index (χ3n) is 3.50. The zero-order valence-electron chi connectivity index (χ0n) is 11.7. The first-order valence-electron chi connectivity index (χ1n) is 7.04. The Morgan fingerprint density at radius 1 is 1.40 bits per heavy atom. The first-order valence-corrected chi connectivity index (χ1v) is 7.04. The zero-order chi connectivity index (χ0) is 14.5. The van der Waals surface area contributed by atoms with Gasteiger partial charge in [0.1, 0.15) is 11.9 Å². The summed E-state index contributed by atoms with van der Waals surface area (Å²) in [4.78, 5) is 14.2. The summed E-state index contributed by atoms with van der Waals surface area (Å²) in [7, 11) is 0. The fourth-order valence-corrected chi connectivity index (χ4v) is 2.40. The SMILES string of the molecule is CC1CCC(C(=O)N(CCCN)c2ccc(F)cc2)O1. The van der Waals surface area contributed by atoms with Crippen molar-refractivity contribution in [3.05, 3.63) is 30.1 Å². The van der Waals surface area contributed by atoms with Crippen molar-refractivity contribution >= 4 is 11.6 Å². The quantitative estimate of drug-likeness (QED) is 0.898. The van der Waals surface area contributed by atoms with E-state index in [2.05, 4.69) is 0 Å². The van der Waals surface area contributed by atoms with Crippen LogP contribution in [-0.2, 0) is 9.53 Å². The maximum absolute atomic E-state index is 13.0. The van der Waals surface area contributed by atoms with E-state index >= 15 is 0 Å². The molecule has 1 aromatic rings. The van der Waals surface area contributed by atoms with Gasteiger partial charge in [-0.1, -0.05) is 0 Å². The second kappa shape index (κ2) is 6.81. The Hall–Kier alpha value is -1.46. The number of hydrogen-bond acceptors (Lipinski definition) is 3. The summed E-state index contributed by atoms with van der Waals surface area (Å²) in [5.74, 6) is -0.375. The fourth-order valence-electron chi connectivity index (χ4n) is 2.40. The first-order chi connectivity index (χ1) is 9.61. The van der Waals surface area contributed by atoms with Gasteiger partial charge in [0.25, 0.3) is 5.91 Å². The lowest BCUT2D eigenvalue weighted by molar-refractivity contribution is -0.129. The Morgan fingerprint density at radius 3 is 2.65 bits per heavy atom. The van der Waals surface area contributed by atoms with Crippen molar-refractivity contribution in [1.29, 1.82) is 0 Å². The highest BCUT2D eigenvalue weighted by Crippen LogP contribution is 2.24. The van der Waals surface area contributed by atoms with Crippen LogP contribution in [-0.4, -0.2) is 31.2 Å². The maximum atomic E-state index is 13.0. The molecule has 0 saturated carbocycles. The van der Waals surface area contributed by atoms with Gasteiger partial charge in [-0.2, -0.15) is 0 Å². The van der Waals surface area contributed by atoms with Crippen molar-refractivity contribution in [1.82, 2.24) is 0 Å². The van der Waals surface area contributed by atoms with Crippen molar-refractivity contribution in [3.8, 4) is 0 Å². The molecule has 2 unspecified atom stereocenters. The Balaban J connectivity index is 2.14. The lowest BCUT2D eigenvalue weighted by atomic mass is 10.1. The summed E-state index contributed by atoms with van der Waals surface area (Å²) in [6, 6.07) is 5.94.